The summed E-state index contributed by atoms with van der Waals surface area (Å²) in [5.41, 5.74) is 0. The molecule has 0 radical (unpaired) electrons. The fraction of sp³-hybridized carbons (Fsp3) is 0.857. The summed E-state index contributed by atoms with van der Waals surface area (Å²) < 4.78 is 35.8. The van der Waals surface area contributed by atoms with Gasteiger partial charge in [0.15, 0.2) is 0 Å². The minimum absolute atomic E-state index is 0. The number of allylic oxidation sites excluding steroid dienone is 1. The zero-order valence-electron chi connectivity index (χ0n) is 13.1. The SMILES string of the molecule is CCCC/C=C/C(CCCCCC)COS(=O)(=O)[O-].[K+]. The Labute approximate surface area is 167 Å². The van der Waals surface area contributed by atoms with E-state index in [1.54, 1.807) is 0 Å². The van der Waals surface area contributed by atoms with Crippen LogP contribution in [-0.4, -0.2) is 19.6 Å². The molecule has 0 aliphatic heterocycles. The third-order valence-corrected chi connectivity index (χ3v) is 3.41. The summed E-state index contributed by atoms with van der Waals surface area (Å²) in [5.74, 6) is 0.0254. The van der Waals surface area contributed by atoms with Gasteiger partial charge in [-0.05, 0) is 12.8 Å². The molecule has 1 unspecified atom stereocenters. The molecular formula is C14H27KO4S. The van der Waals surface area contributed by atoms with Crippen LogP contribution in [0.15, 0.2) is 12.2 Å². The van der Waals surface area contributed by atoms with E-state index in [1.165, 1.54) is 12.8 Å². The van der Waals surface area contributed by atoms with Crippen LogP contribution in [0.5, 0.6) is 0 Å². The average molecular weight is 331 g/mol. The van der Waals surface area contributed by atoms with Gasteiger partial charge in [-0.3, -0.25) is 4.18 Å². The van der Waals surface area contributed by atoms with Crippen LogP contribution < -0.4 is 51.4 Å². The molecule has 0 aliphatic rings. The van der Waals surface area contributed by atoms with Crippen LogP contribution in [0.4, 0.5) is 0 Å². The molecule has 0 aromatic carbocycles. The largest absolute Gasteiger partial charge is 1.00 e. The minimum atomic E-state index is -4.57. The third-order valence-electron chi connectivity index (χ3n) is 2.99. The second-order valence-corrected chi connectivity index (χ2v) is 5.92. The maximum absolute atomic E-state index is 10.5. The van der Waals surface area contributed by atoms with Crippen LogP contribution >= 0.6 is 0 Å². The van der Waals surface area contributed by atoms with Crippen molar-refractivity contribution in [2.45, 2.75) is 65.2 Å². The monoisotopic (exact) mass is 330 g/mol. The van der Waals surface area contributed by atoms with Crippen LogP contribution in [0.2, 0.25) is 0 Å². The second kappa shape index (κ2) is 15.2. The first-order valence-electron chi connectivity index (χ1n) is 7.26. The molecule has 0 aromatic rings. The van der Waals surface area contributed by atoms with Gasteiger partial charge in [-0.15, -0.1) is 0 Å². The minimum Gasteiger partial charge on any atom is -0.726 e. The molecule has 0 aliphatic carbocycles. The van der Waals surface area contributed by atoms with Gasteiger partial charge in [0.2, 0.25) is 10.4 Å². The van der Waals surface area contributed by atoms with Crippen LogP contribution in [0.1, 0.15) is 65.2 Å². The average Bonchev–Trinajstić information content (AvgIpc) is 2.34. The van der Waals surface area contributed by atoms with Crippen molar-refractivity contribution in [2.75, 3.05) is 6.61 Å². The maximum atomic E-state index is 10.5. The van der Waals surface area contributed by atoms with E-state index in [0.717, 1.165) is 38.5 Å². The molecule has 0 rings (SSSR count). The van der Waals surface area contributed by atoms with Crippen molar-refractivity contribution in [1.29, 1.82) is 0 Å². The fourth-order valence-electron chi connectivity index (χ4n) is 1.85. The summed E-state index contributed by atoms with van der Waals surface area (Å²) in [6.07, 6.45) is 12.7. The summed E-state index contributed by atoms with van der Waals surface area (Å²) in [7, 11) is -4.57. The molecule has 4 nitrogen and oxygen atoms in total. The molecule has 114 valence electrons. The zero-order chi connectivity index (χ0) is 14.6. The quantitative estimate of drug-likeness (QED) is 0.175. The molecular weight excluding hydrogens is 303 g/mol. The standard InChI is InChI=1S/C14H28O4S.K/c1-3-5-7-9-11-14(12-10-8-6-4-2)13-18-19(15,16)17;/h9,11,14H,3-8,10,12-13H2,1-2H3,(H,15,16,17);/q;+1/p-1/b11-9+;. The third kappa shape index (κ3) is 17.3. The molecule has 20 heavy (non-hydrogen) atoms. The van der Waals surface area contributed by atoms with Crippen molar-refractivity contribution in [3.8, 4) is 0 Å². The predicted molar refractivity (Wildman–Crippen MR) is 76.6 cm³/mol. The van der Waals surface area contributed by atoms with Gasteiger partial charge in [0.1, 0.15) is 0 Å². The molecule has 0 saturated carbocycles. The van der Waals surface area contributed by atoms with E-state index in [0.29, 0.717) is 0 Å². The summed E-state index contributed by atoms with van der Waals surface area (Å²) in [4.78, 5) is 0. The van der Waals surface area contributed by atoms with E-state index in [1.807, 2.05) is 6.08 Å². The van der Waals surface area contributed by atoms with Crippen molar-refractivity contribution in [1.82, 2.24) is 0 Å². The van der Waals surface area contributed by atoms with Crippen molar-refractivity contribution in [3.63, 3.8) is 0 Å². The van der Waals surface area contributed by atoms with Crippen molar-refractivity contribution >= 4 is 10.4 Å². The number of rotatable bonds is 12. The van der Waals surface area contributed by atoms with E-state index in [-0.39, 0.29) is 63.9 Å². The first kappa shape index (κ1) is 23.5. The van der Waals surface area contributed by atoms with Gasteiger partial charge in [0.25, 0.3) is 0 Å². The van der Waals surface area contributed by atoms with E-state index in [2.05, 4.69) is 24.1 Å². The van der Waals surface area contributed by atoms with Gasteiger partial charge in [0.05, 0.1) is 6.61 Å². The molecule has 0 bridgehead atoms. The second-order valence-electron chi connectivity index (χ2n) is 4.87. The topological polar surface area (TPSA) is 66.4 Å². The van der Waals surface area contributed by atoms with Crippen molar-refractivity contribution < 1.29 is 68.5 Å². The molecule has 0 spiro atoms. The Bertz CT molecular complexity index is 328. The Morgan fingerprint density at radius 2 is 1.75 bits per heavy atom. The molecule has 6 heteroatoms. The van der Waals surface area contributed by atoms with E-state index < -0.39 is 10.4 Å². The Hall–Kier alpha value is 1.25. The smallest absolute Gasteiger partial charge is 0.726 e. The predicted octanol–water partition coefficient (Wildman–Crippen LogP) is 0.800. The fourth-order valence-corrected chi connectivity index (χ4v) is 2.19. The molecule has 0 fully saturated rings. The summed E-state index contributed by atoms with van der Waals surface area (Å²) in [6, 6.07) is 0. The molecule has 0 saturated heterocycles. The molecule has 0 aromatic heterocycles. The first-order chi connectivity index (χ1) is 8.99. The molecule has 0 amide bonds. The zero-order valence-corrected chi connectivity index (χ0v) is 17.1. The molecule has 0 N–H and O–H groups in total. The van der Waals surface area contributed by atoms with Crippen LogP contribution in [0, 0.1) is 5.92 Å². The Balaban J connectivity index is 0. The summed E-state index contributed by atoms with van der Waals surface area (Å²) in [5, 5.41) is 0. The van der Waals surface area contributed by atoms with Crippen LogP contribution in [0.25, 0.3) is 0 Å². The van der Waals surface area contributed by atoms with Gasteiger partial charge < -0.3 is 4.55 Å². The summed E-state index contributed by atoms with van der Waals surface area (Å²) in [6.45, 7) is 4.25. The molecule has 1 atom stereocenters. The van der Waals surface area contributed by atoms with Gasteiger partial charge in [-0.25, -0.2) is 8.42 Å². The van der Waals surface area contributed by atoms with E-state index in [4.69, 9.17) is 0 Å². The summed E-state index contributed by atoms with van der Waals surface area (Å²) >= 11 is 0. The molecule has 0 heterocycles. The van der Waals surface area contributed by atoms with Gasteiger partial charge in [-0.2, -0.15) is 0 Å². The Kier molecular flexibility index (Phi) is 17.8. The maximum Gasteiger partial charge on any atom is 1.00 e. The number of hydrogen-bond acceptors (Lipinski definition) is 4. The Morgan fingerprint density at radius 3 is 2.30 bits per heavy atom. The van der Waals surface area contributed by atoms with Crippen LogP contribution in [-0.2, 0) is 14.6 Å². The number of hydrogen-bond donors (Lipinski definition) is 0. The number of unbranched alkanes of at least 4 members (excludes halogenated alkanes) is 5. The van der Waals surface area contributed by atoms with E-state index in [9.17, 15) is 13.0 Å². The van der Waals surface area contributed by atoms with Gasteiger partial charge in [0, 0.05) is 5.92 Å². The van der Waals surface area contributed by atoms with Crippen LogP contribution in [0.3, 0.4) is 0 Å². The first-order valence-corrected chi connectivity index (χ1v) is 8.59. The van der Waals surface area contributed by atoms with Crippen molar-refractivity contribution in [2.24, 2.45) is 5.92 Å². The van der Waals surface area contributed by atoms with Crippen molar-refractivity contribution in [3.05, 3.63) is 12.2 Å². The van der Waals surface area contributed by atoms with Gasteiger partial charge in [-0.1, -0.05) is 64.5 Å². The van der Waals surface area contributed by atoms with E-state index >= 15 is 0 Å². The Morgan fingerprint density at radius 1 is 1.10 bits per heavy atom. The normalized spacial score (nSPS) is 13.3. The van der Waals surface area contributed by atoms with Gasteiger partial charge >= 0.3 is 51.4 Å².